The Bertz CT molecular complexity index is 351. The molecule has 0 spiro atoms. The van der Waals surface area contributed by atoms with Crippen LogP contribution in [0.4, 0.5) is 0 Å². The van der Waals surface area contributed by atoms with Crippen molar-refractivity contribution in [2.45, 2.75) is 19.9 Å². The monoisotopic (exact) mass is 206 g/mol. The number of carbonyl (C=O) groups is 1. The first-order valence-corrected chi connectivity index (χ1v) is 4.84. The maximum absolute atomic E-state index is 11.7. The van der Waals surface area contributed by atoms with Crippen LogP contribution in [0.3, 0.4) is 0 Å². The van der Waals surface area contributed by atoms with E-state index in [1.165, 1.54) is 0 Å². The molecule has 0 aliphatic heterocycles. The van der Waals surface area contributed by atoms with Crippen LogP contribution in [0, 0.1) is 17.2 Å². The molecule has 0 aromatic carbocycles. The maximum atomic E-state index is 11.7. The number of rotatable bonds is 4. The molecule has 1 atom stereocenters. The highest BCUT2D eigenvalue weighted by atomic mass is 16.3. The van der Waals surface area contributed by atoms with Gasteiger partial charge < -0.3 is 9.32 Å². The molecule has 0 fully saturated rings. The highest BCUT2D eigenvalue weighted by Gasteiger charge is 2.19. The summed E-state index contributed by atoms with van der Waals surface area (Å²) in [4.78, 5) is 13.2. The zero-order chi connectivity index (χ0) is 11.3. The van der Waals surface area contributed by atoms with Crippen molar-refractivity contribution in [2.75, 3.05) is 7.05 Å². The molecule has 0 aliphatic carbocycles. The van der Waals surface area contributed by atoms with Crippen molar-refractivity contribution in [3.8, 4) is 6.07 Å². The van der Waals surface area contributed by atoms with Gasteiger partial charge in [-0.1, -0.05) is 6.92 Å². The van der Waals surface area contributed by atoms with Gasteiger partial charge in [-0.15, -0.1) is 0 Å². The molecule has 0 radical (unpaired) electrons. The first-order chi connectivity index (χ1) is 7.19. The third kappa shape index (κ3) is 2.84. The van der Waals surface area contributed by atoms with Crippen LogP contribution in [0.2, 0.25) is 0 Å². The molecule has 0 saturated carbocycles. The van der Waals surface area contributed by atoms with Gasteiger partial charge >= 0.3 is 0 Å². The Labute approximate surface area is 89.1 Å². The summed E-state index contributed by atoms with van der Waals surface area (Å²) in [5, 5.41) is 8.76. The molecule has 0 bridgehead atoms. The molecular formula is C11H14N2O2. The van der Waals surface area contributed by atoms with E-state index in [9.17, 15) is 4.79 Å². The van der Waals surface area contributed by atoms with Crippen LogP contribution in [-0.4, -0.2) is 17.9 Å². The summed E-state index contributed by atoms with van der Waals surface area (Å²) < 4.78 is 4.91. The van der Waals surface area contributed by atoms with Crippen LogP contribution < -0.4 is 0 Å². The molecule has 0 aliphatic rings. The summed E-state index contributed by atoms with van der Waals surface area (Å²) in [6.07, 6.45) is 3.71. The van der Waals surface area contributed by atoms with Crippen LogP contribution in [-0.2, 0) is 11.3 Å². The second-order valence-electron chi connectivity index (χ2n) is 3.42. The zero-order valence-corrected chi connectivity index (χ0v) is 8.93. The minimum Gasteiger partial charge on any atom is -0.472 e. The van der Waals surface area contributed by atoms with Crippen LogP contribution >= 0.6 is 0 Å². The second kappa shape index (κ2) is 5.20. The average molecular weight is 206 g/mol. The van der Waals surface area contributed by atoms with E-state index in [-0.39, 0.29) is 5.91 Å². The van der Waals surface area contributed by atoms with Crippen LogP contribution in [0.5, 0.6) is 0 Å². The minimum absolute atomic E-state index is 0.138. The molecule has 1 aromatic rings. The second-order valence-corrected chi connectivity index (χ2v) is 3.42. The number of carbonyl (C=O) groups excluding carboxylic acids is 1. The highest BCUT2D eigenvalue weighted by molar-refractivity contribution is 5.80. The van der Waals surface area contributed by atoms with E-state index in [0.29, 0.717) is 13.0 Å². The van der Waals surface area contributed by atoms with Crippen molar-refractivity contribution in [3.63, 3.8) is 0 Å². The fourth-order valence-corrected chi connectivity index (χ4v) is 1.32. The molecule has 80 valence electrons. The molecule has 1 rings (SSSR count). The maximum Gasteiger partial charge on any atom is 0.239 e. The van der Waals surface area contributed by atoms with E-state index in [2.05, 4.69) is 0 Å². The van der Waals surface area contributed by atoms with Crippen LogP contribution in [0.15, 0.2) is 23.0 Å². The van der Waals surface area contributed by atoms with Crippen LogP contribution in [0.25, 0.3) is 0 Å². The highest BCUT2D eigenvalue weighted by Crippen LogP contribution is 2.09. The lowest BCUT2D eigenvalue weighted by Gasteiger charge is -2.18. The summed E-state index contributed by atoms with van der Waals surface area (Å²) in [5.41, 5.74) is 0.929. The lowest BCUT2D eigenvalue weighted by Crippen LogP contribution is -2.31. The molecule has 4 nitrogen and oxygen atoms in total. The predicted octanol–water partition coefficient (Wildman–Crippen LogP) is 1.79. The van der Waals surface area contributed by atoms with Gasteiger partial charge in [-0.2, -0.15) is 5.26 Å². The molecule has 15 heavy (non-hydrogen) atoms. The van der Waals surface area contributed by atoms with E-state index in [1.54, 1.807) is 30.5 Å². The van der Waals surface area contributed by atoms with Gasteiger partial charge in [0.2, 0.25) is 5.91 Å². The molecule has 1 unspecified atom stereocenters. The third-order valence-electron chi connectivity index (χ3n) is 2.24. The van der Waals surface area contributed by atoms with Crippen molar-refractivity contribution in [2.24, 2.45) is 5.92 Å². The fraction of sp³-hybridized carbons (Fsp3) is 0.455. The quantitative estimate of drug-likeness (QED) is 0.754. The zero-order valence-electron chi connectivity index (χ0n) is 8.93. The van der Waals surface area contributed by atoms with Gasteiger partial charge in [-0.05, 0) is 12.5 Å². The molecule has 1 amide bonds. The Hall–Kier alpha value is -1.76. The first kappa shape index (κ1) is 11.3. The largest absolute Gasteiger partial charge is 0.472 e. The standard InChI is InChI=1S/C11H14N2O2/c1-3-10(6-12)11(14)13(2)7-9-4-5-15-8-9/h4-5,8,10H,3,7H2,1-2H3. The van der Waals surface area contributed by atoms with E-state index in [0.717, 1.165) is 5.56 Å². The summed E-state index contributed by atoms with van der Waals surface area (Å²) in [5.74, 6) is -0.678. The number of nitriles is 1. The summed E-state index contributed by atoms with van der Waals surface area (Å²) in [6.45, 7) is 2.31. The van der Waals surface area contributed by atoms with Crippen molar-refractivity contribution >= 4 is 5.91 Å². The van der Waals surface area contributed by atoms with Crippen molar-refractivity contribution in [3.05, 3.63) is 24.2 Å². The third-order valence-corrected chi connectivity index (χ3v) is 2.24. The van der Waals surface area contributed by atoms with Crippen molar-refractivity contribution in [1.82, 2.24) is 4.90 Å². The summed E-state index contributed by atoms with van der Waals surface area (Å²) in [7, 11) is 1.69. The van der Waals surface area contributed by atoms with Crippen molar-refractivity contribution in [1.29, 1.82) is 5.26 Å². The predicted molar refractivity (Wildman–Crippen MR) is 54.6 cm³/mol. The van der Waals surface area contributed by atoms with Gasteiger partial charge in [0.1, 0.15) is 5.92 Å². The molecular weight excluding hydrogens is 192 g/mol. The molecule has 0 saturated heterocycles. The van der Waals surface area contributed by atoms with E-state index in [4.69, 9.17) is 9.68 Å². The summed E-state index contributed by atoms with van der Waals surface area (Å²) in [6, 6.07) is 3.80. The van der Waals surface area contributed by atoms with Gasteiger partial charge in [0, 0.05) is 19.2 Å². The van der Waals surface area contributed by atoms with Gasteiger partial charge in [0.05, 0.1) is 18.6 Å². The Balaban J connectivity index is 2.57. The van der Waals surface area contributed by atoms with Crippen LogP contribution in [0.1, 0.15) is 18.9 Å². The molecule has 4 heteroatoms. The Morgan fingerprint density at radius 3 is 2.93 bits per heavy atom. The lowest BCUT2D eigenvalue weighted by molar-refractivity contribution is -0.133. The number of hydrogen-bond acceptors (Lipinski definition) is 3. The minimum atomic E-state index is -0.540. The molecule has 1 heterocycles. The number of hydrogen-bond donors (Lipinski definition) is 0. The molecule has 0 N–H and O–H groups in total. The fourth-order valence-electron chi connectivity index (χ4n) is 1.32. The Kier molecular flexibility index (Phi) is 3.92. The normalized spacial score (nSPS) is 11.8. The SMILES string of the molecule is CCC(C#N)C(=O)N(C)Cc1ccoc1. The van der Waals surface area contributed by atoms with Gasteiger partial charge in [-0.25, -0.2) is 0 Å². The Morgan fingerprint density at radius 1 is 1.73 bits per heavy atom. The number of amides is 1. The topological polar surface area (TPSA) is 57.2 Å². The summed E-state index contributed by atoms with van der Waals surface area (Å²) >= 11 is 0. The van der Waals surface area contributed by atoms with Gasteiger partial charge in [0.15, 0.2) is 0 Å². The van der Waals surface area contributed by atoms with E-state index < -0.39 is 5.92 Å². The van der Waals surface area contributed by atoms with Crippen molar-refractivity contribution < 1.29 is 9.21 Å². The first-order valence-electron chi connectivity index (χ1n) is 4.84. The molecule has 1 aromatic heterocycles. The van der Waals surface area contributed by atoms with E-state index >= 15 is 0 Å². The number of furan rings is 1. The Morgan fingerprint density at radius 2 is 2.47 bits per heavy atom. The average Bonchev–Trinajstić information content (AvgIpc) is 2.72. The number of nitrogens with zero attached hydrogens (tertiary/aromatic N) is 2. The van der Waals surface area contributed by atoms with Gasteiger partial charge in [0.25, 0.3) is 0 Å². The lowest BCUT2D eigenvalue weighted by atomic mass is 10.1. The van der Waals surface area contributed by atoms with Gasteiger partial charge in [-0.3, -0.25) is 4.79 Å². The smallest absolute Gasteiger partial charge is 0.239 e. The van der Waals surface area contributed by atoms with E-state index in [1.807, 2.05) is 13.0 Å².